The molecule has 0 aliphatic rings. The molecule has 78 valence electrons. The quantitative estimate of drug-likeness (QED) is 0.737. The summed E-state index contributed by atoms with van der Waals surface area (Å²) < 4.78 is 1.40. The van der Waals surface area contributed by atoms with Crippen LogP contribution in [-0.2, 0) is 7.05 Å². The van der Waals surface area contributed by atoms with Crippen molar-refractivity contribution in [2.45, 2.75) is 33.1 Å². The summed E-state index contributed by atoms with van der Waals surface area (Å²) in [4.78, 5) is 11.1. The Balaban J connectivity index is 2.96. The van der Waals surface area contributed by atoms with Crippen LogP contribution in [-0.4, -0.2) is 9.78 Å². The average molecular weight is 194 g/mol. The van der Waals surface area contributed by atoms with Crippen molar-refractivity contribution in [1.29, 1.82) is 0 Å². The summed E-state index contributed by atoms with van der Waals surface area (Å²) >= 11 is 0. The van der Waals surface area contributed by atoms with Crippen LogP contribution < -0.4 is 5.56 Å². The van der Waals surface area contributed by atoms with E-state index in [9.17, 15) is 4.79 Å². The maximum absolute atomic E-state index is 11.1. The van der Waals surface area contributed by atoms with Gasteiger partial charge >= 0.3 is 0 Å². The molecule has 0 aromatic carbocycles. The molecule has 2 atom stereocenters. The Hall–Kier alpha value is -1.12. The third-order valence-electron chi connectivity index (χ3n) is 2.95. The van der Waals surface area contributed by atoms with E-state index in [0.29, 0.717) is 11.8 Å². The standard InChI is InChI=1S/C11H18N2O/c1-5-8(2)9(3)10-6-7-11(14)13(4)12-10/h6-9H,5H2,1-4H3. The molecule has 0 saturated heterocycles. The first kappa shape index (κ1) is 11.0. The van der Waals surface area contributed by atoms with Gasteiger partial charge in [0, 0.05) is 19.0 Å². The van der Waals surface area contributed by atoms with Crippen LogP contribution in [0.15, 0.2) is 16.9 Å². The summed E-state index contributed by atoms with van der Waals surface area (Å²) in [6.45, 7) is 6.53. The van der Waals surface area contributed by atoms with Crippen LogP contribution in [0, 0.1) is 5.92 Å². The van der Waals surface area contributed by atoms with Gasteiger partial charge in [-0.3, -0.25) is 4.79 Å². The van der Waals surface area contributed by atoms with E-state index in [4.69, 9.17) is 0 Å². The Morgan fingerprint density at radius 3 is 2.57 bits per heavy atom. The minimum absolute atomic E-state index is 0.0508. The highest BCUT2D eigenvalue weighted by Crippen LogP contribution is 2.23. The number of hydrogen-bond acceptors (Lipinski definition) is 2. The Kier molecular flexibility index (Phi) is 3.44. The maximum atomic E-state index is 11.1. The van der Waals surface area contributed by atoms with E-state index in [0.717, 1.165) is 12.1 Å². The molecule has 3 nitrogen and oxygen atoms in total. The molecular weight excluding hydrogens is 176 g/mol. The number of rotatable bonds is 3. The molecule has 2 unspecified atom stereocenters. The topological polar surface area (TPSA) is 34.9 Å². The molecule has 1 aromatic rings. The molecule has 0 bridgehead atoms. The van der Waals surface area contributed by atoms with Gasteiger partial charge in [0.1, 0.15) is 0 Å². The van der Waals surface area contributed by atoms with Crippen LogP contribution in [0.25, 0.3) is 0 Å². The van der Waals surface area contributed by atoms with Gasteiger partial charge in [0.15, 0.2) is 0 Å². The van der Waals surface area contributed by atoms with Gasteiger partial charge < -0.3 is 0 Å². The first-order valence-electron chi connectivity index (χ1n) is 5.10. The van der Waals surface area contributed by atoms with Crippen molar-refractivity contribution in [3.05, 3.63) is 28.2 Å². The zero-order chi connectivity index (χ0) is 10.7. The lowest BCUT2D eigenvalue weighted by Gasteiger charge is -2.17. The summed E-state index contributed by atoms with van der Waals surface area (Å²) in [6.07, 6.45) is 1.13. The number of aryl methyl sites for hydroxylation is 1. The van der Waals surface area contributed by atoms with Crippen molar-refractivity contribution in [3.63, 3.8) is 0 Å². The third-order valence-corrected chi connectivity index (χ3v) is 2.95. The van der Waals surface area contributed by atoms with Crippen LogP contribution in [0.2, 0.25) is 0 Å². The Morgan fingerprint density at radius 1 is 1.43 bits per heavy atom. The van der Waals surface area contributed by atoms with Crippen molar-refractivity contribution < 1.29 is 0 Å². The largest absolute Gasteiger partial charge is 0.268 e. The molecule has 0 fully saturated rings. The second kappa shape index (κ2) is 4.40. The van der Waals surface area contributed by atoms with Crippen LogP contribution in [0.5, 0.6) is 0 Å². The lowest BCUT2D eigenvalue weighted by molar-refractivity contribution is 0.454. The molecular formula is C11H18N2O. The van der Waals surface area contributed by atoms with E-state index in [1.165, 1.54) is 4.68 Å². The van der Waals surface area contributed by atoms with Crippen molar-refractivity contribution in [1.82, 2.24) is 9.78 Å². The van der Waals surface area contributed by atoms with E-state index in [2.05, 4.69) is 25.9 Å². The molecule has 0 saturated carbocycles. The highest BCUT2D eigenvalue weighted by molar-refractivity contribution is 5.06. The molecule has 0 N–H and O–H groups in total. The summed E-state index contributed by atoms with van der Waals surface area (Å²) in [5.74, 6) is 1.01. The normalized spacial score (nSPS) is 15.1. The van der Waals surface area contributed by atoms with Gasteiger partial charge in [0.25, 0.3) is 5.56 Å². The molecule has 0 aliphatic heterocycles. The SMILES string of the molecule is CCC(C)C(C)c1ccc(=O)n(C)n1. The van der Waals surface area contributed by atoms with Crippen molar-refractivity contribution in [2.75, 3.05) is 0 Å². The summed E-state index contributed by atoms with van der Waals surface area (Å²) in [5.41, 5.74) is 0.951. The fraction of sp³-hybridized carbons (Fsp3) is 0.636. The molecule has 0 aliphatic carbocycles. The molecule has 3 heteroatoms. The molecule has 14 heavy (non-hydrogen) atoms. The first-order chi connectivity index (χ1) is 6.56. The van der Waals surface area contributed by atoms with Gasteiger partial charge in [0.2, 0.25) is 0 Å². The van der Waals surface area contributed by atoms with Crippen LogP contribution in [0.4, 0.5) is 0 Å². The zero-order valence-electron chi connectivity index (χ0n) is 9.32. The van der Waals surface area contributed by atoms with Crippen LogP contribution in [0.1, 0.15) is 38.8 Å². The second-order valence-corrected chi connectivity index (χ2v) is 3.89. The number of aromatic nitrogens is 2. The second-order valence-electron chi connectivity index (χ2n) is 3.89. The van der Waals surface area contributed by atoms with E-state index in [1.54, 1.807) is 13.1 Å². The maximum Gasteiger partial charge on any atom is 0.266 e. The van der Waals surface area contributed by atoms with E-state index >= 15 is 0 Å². The lowest BCUT2D eigenvalue weighted by Crippen LogP contribution is -2.21. The molecule has 1 aromatic heterocycles. The van der Waals surface area contributed by atoms with E-state index in [-0.39, 0.29) is 5.56 Å². The van der Waals surface area contributed by atoms with Crippen LogP contribution in [0.3, 0.4) is 0 Å². The van der Waals surface area contributed by atoms with Crippen molar-refractivity contribution >= 4 is 0 Å². The predicted molar refractivity (Wildman–Crippen MR) is 57.3 cm³/mol. The molecule has 0 spiro atoms. The fourth-order valence-electron chi connectivity index (χ4n) is 1.41. The van der Waals surface area contributed by atoms with Crippen molar-refractivity contribution in [3.8, 4) is 0 Å². The minimum atomic E-state index is -0.0508. The van der Waals surface area contributed by atoms with Crippen molar-refractivity contribution in [2.24, 2.45) is 13.0 Å². The van der Waals surface area contributed by atoms with Gasteiger partial charge in [-0.25, -0.2) is 4.68 Å². The Labute approximate surface area is 84.8 Å². The first-order valence-corrected chi connectivity index (χ1v) is 5.10. The van der Waals surface area contributed by atoms with Gasteiger partial charge in [0.05, 0.1) is 5.69 Å². The summed E-state index contributed by atoms with van der Waals surface area (Å²) in [5, 5.41) is 4.25. The Bertz CT molecular complexity index is 357. The van der Waals surface area contributed by atoms with Gasteiger partial charge in [-0.1, -0.05) is 27.2 Å². The summed E-state index contributed by atoms with van der Waals surface area (Å²) in [6, 6.07) is 3.42. The Morgan fingerprint density at radius 2 is 2.07 bits per heavy atom. The number of nitrogens with zero attached hydrogens (tertiary/aromatic N) is 2. The highest BCUT2D eigenvalue weighted by atomic mass is 16.1. The van der Waals surface area contributed by atoms with Gasteiger partial charge in [-0.05, 0) is 12.0 Å². The van der Waals surface area contributed by atoms with Gasteiger partial charge in [-0.15, -0.1) is 0 Å². The monoisotopic (exact) mass is 194 g/mol. The molecule has 1 heterocycles. The van der Waals surface area contributed by atoms with E-state index < -0.39 is 0 Å². The van der Waals surface area contributed by atoms with E-state index in [1.807, 2.05) is 6.07 Å². The summed E-state index contributed by atoms with van der Waals surface area (Å²) in [7, 11) is 1.69. The van der Waals surface area contributed by atoms with Crippen LogP contribution >= 0.6 is 0 Å². The fourth-order valence-corrected chi connectivity index (χ4v) is 1.41. The minimum Gasteiger partial charge on any atom is -0.268 e. The predicted octanol–water partition coefficient (Wildman–Crippen LogP) is 1.93. The molecule has 1 rings (SSSR count). The third kappa shape index (κ3) is 2.22. The molecule has 0 amide bonds. The smallest absolute Gasteiger partial charge is 0.266 e. The zero-order valence-corrected chi connectivity index (χ0v) is 9.32. The highest BCUT2D eigenvalue weighted by Gasteiger charge is 2.14. The molecule has 0 radical (unpaired) electrons. The average Bonchev–Trinajstić information content (AvgIpc) is 2.20. The van der Waals surface area contributed by atoms with Gasteiger partial charge in [-0.2, -0.15) is 5.10 Å². The lowest BCUT2D eigenvalue weighted by atomic mass is 9.91. The number of hydrogen-bond donors (Lipinski definition) is 0.